The van der Waals surface area contributed by atoms with Crippen LogP contribution in [0.4, 0.5) is 0 Å². The van der Waals surface area contributed by atoms with Crippen molar-refractivity contribution in [3.63, 3.8) is 0 Å². The van der Waals surface area contributed by atoms with Gasteiger partial charge in [-0.05, 0) is 18.6 Å². The molecule has 0 unspecified atom stereocenters. The van der Waals surface area contributed by atoms with Crippen LogP contribution in [0, 0.1) is 11.8 Å². The van der Waals surface area contributed by atoms with E-state index in [2.05, 4.69) is 0 Å². The van der Waals surface area contributed by atoms with Crippen molar-refractivity contribution in [2.45, 2.75) is 18.8 Å². The van der Waals surface area contributed by atoms with E-state index in [1.807, 2.05) is 48.5 Å². The molecule has 1 heterocycles. The Kier molecular flexibility index (Phi) is 3.18. The molecule has 23 heavy (non-hydrogen) atoms. The molecule has 1 N–H and O–H groups in total. The standard InChI is InChI=1S/C19H16O4/c20-16(14-9-15(14)19(21)22)10-13-11-5-1-3-7-17(11)23-18-8-4-2-6-12(13)18/h1-8,13-15H,9-10H2,(H,21,22)/t14-,15-/m0/s1. The zero-order valence-corrected chi connectivity index (χ0v) is 12.4. The van der Waals surface area contributed by atoms with E-state index in [4.69, 9.17) is 9.84 Å². The first-order valence-corrected chi connectivity index (χ1v) is 7.76. The number of para-hydroxylation sites is 2. The number of ketones is 1. The number of benzene rings is 2. The Labute approximate surface area is 133 Å². The van der Waals surface area contributed by atoms with Crippen LogP contribution >= 0.6 is 0 Å². The van der Waals surface area contributed by atoms with E-state index in [-0.39, 0.29) is 17.6 Å². The number of carboxylic acid groups (broad SMARTS) is 1. The van der Waals surface area contributed by atoms with Gasteiger partial charge in [-0.25, -0.2) is 0 Å². The minimum absolute atomic E-state index is 0.0360. The molecule has 0 amide bonds. The molecular weight excluding hydrogens is 292 g/mol. The number of Topliss-reactive ketones (excluding diaryl/α,β-unsaturated/α-hetero) is 1. The van der Waals surface area contributed by atoms with Crippen molar-refractivity contribution in [1.29, 1.82) is 0 Å². The fraction of sp³-hybridized carbons (Fsp3) is 0.263. The Morgan fingerprint density at radius 2 is 1.52 bits per heavy atom. The molecule has 2 aromatic rings. The number of carboxylic acids is 1. The first-order chi connectivity index (χ1) is 11.1. The van der Waals surface area contributed by atoms with Crippen LogP contribution in [0.15, 0.2) is 48.5 Å². The van der Waals surface area contributed by atoms with Crippen molar-refractivity contribution in [2.24, 2.45) is 11.8 Å². The van der Waals surface area contributed by atoms with E-state index in [0.29, 0.717) is 12.8 Å². The van der Waals surface area contributed by atoms with Gasteiger partial charge >= 0.3 is 5.97 Å². The van der Waals surface area contributed by atoms with Crippen molar-refractivity contribution in [2.75, 3.05) is 0 Å². The lowest BCUT2D eigenvalue weighted by Gasteiger charge is -2.27. The predicted octanol–water partition coefficient (Wildman–Crippen LogP) is 3.60. The molecule has 1 fully saturated rings. The molecule has 0 saturated heterocycles. The van der Waals surface area contributed by atoms with Crippen molar-refractivity contribution in [3.05, 3.63) is 59.7 Å². The molecule has 4 heteroatoms. The maximum absolute atomic E-state index is 12.5. The second kappa shape index (κ2) is 5.23. The number of carbonyl (C=O) groups is 2. The van der Waals surface area contributed by atoms with Gasteiger partial charge in [0.15, 0.2) is 0 Å². The van der Waals surface area contributed by atoms with E-state index >= 15 is 0 Å². The number of fused-ring (bicyclic) bond motifs is 2. The number of hydrogen-bond donors (Lipinski definition) is 1. The molecule has 1 aliphatic carbocycles. The molecule has 4 rings (SSSR count). The third-order valence-corrected chi connectivity index (χ3v) is 4.74. The summed E-state index contributed by atoms with van der Waals surface area (Å²) < 4.78 is 5.92. The molecular formula is C19H16O4. The van der Waals surface area contributed by atoms with E-state index in [1.54, 1.807) is 0 Å². The van der Waals surface area contributed by atoms with E-state index in [1.165, 1.54) is 0 Å². The van der Waals surface area contributed by atoms with Crippen molar-refractivity contribution < 1.29 is 19.4 Å². The Morgan fingerprint density at radius 1 is 0.957 bits per heavy atom. The second-order valence-electron chi connectivity index (χ2n) is 6.19. The number of aliphatic carboxylic acids is 1. The van der Waals surface area contributed by atoms with Crippen LogP contribution < -0.4 is 4.74 Å². The van der Waals surface area contributed by atoms with Gasteiger partial charge in [0.25, 0.3) is 0 Å². The summed E-state index contributed by atoms with van der Waals surface area (Å²) in [6.45, 7) is 0. The van der Waals surface area contributed by atoms with E-state index in [9.17, 15) is 9.59 Å². The highest BCUT2D eigenvalue weighted by Gasteiger charge is 2.48. The van der Waals surface area contributed by atoms with Crippen LogP contribution in [0.25, 0.3) is 0 Å². The molecule has 116 valence electrons. The lowest BCUT2D eigenvalue weighted by molar-refractivity contribution is -0.140. The Hall–Kier alpha value is -2.62. The van der Waals surface area contributed by atoms with Crippen LogP contribution in [0.3, 0.4) is 0 Å². The summed E-state index contributed by atoms with van der Waals surface area (Å²) in [5.41, 5.74) is 1.99. The van der Waals surface area contributed by atoms with E-state index in [0.717, 1.165) is 22.6 Å². The highest BCUT2D eigenvalue weighted by Crippen LogP contribution is 2.48. The fourth-order valence-electron chi connectivity index (χ4n) is 3.40. The summed E-state index contributed by atoms with van der Waals surface area (Å²) in [7, 11) is 0. The normalized spacial score (nSPS) is 21.7. The summed E-state index contributed by atoms with van der Waals surface area (Å²) in [6, 6.07) is 15.4. The molecule has 4 nitrogen and oxygen atoms in total. The maximum atomic E-state index is 12.5. The molecule has 1 saturated carbocycles. The van der Waals surface area contributed by atoms with Gasteiger partial charge in [0.2, 0.25) is 0 Å². The maximum Gasteiger partial charge on any atom is 0.307 e. The van der Waals surface area contributed by atoms with Gasteiger partial charge in [0.1, 0.15) is 17.3 Å². The van der Waals surface area contributed by atoms with Crippen LogP contribution in [-0.2, 0) is 9.59 Å². The predicted molar refractivity (Wildman–Crippen MR) is 83.7 cm³/mol. The summed E-state index contributed by atoms with van der Waals surface area (Å²) in [5.74, 6) is -0.171. The summed E-state index contributed by atoms with van der Waals surface area (Å²) in [5, 5.41) is 9.02. The molecule has 0 bridgehead atoms. The number of hydrogen-bond acceptors (Lipinski definition) is 3. The zero-order valence-electron chi connectivity index (χ0n) is 12.4. The molecule has 1 aliphatic heterocycles. The van der Waals surface area contributed by atoms with Gasteiger partial charge in [-0.1, -0.05) is 36.4 Å². The molecule has 0 aromatic heterocycles. The van der Waals surface area contributed by atoms with Gasteiger partial charge in [-0.15, -0.1) is 0 Å². The van der Waals surface area contributed by atoms with Gasteiger partial charge in [0, 0.05) is 29.4 Å². The highest BCUT2D eigenvalue weighted by atomic mass is 16.5. The largest absolute Gasteiger partial charge is 0.481 e. The summed E-state index contributed by atoms with van der Waals surface area (Å²) in [6.07, 6.45) is 0.798. The Morgan fingerprint density at radius 3 is 2.04 bits per heavy atom. The highest BCUT2D eigenvalue weighted by molar-refractivity contribution is 5.91. The van der Waals surface area contributed by atoms with E-state index < -0.39 is 11.9 Å². The lowest BCUT2D eigenvalue weighted by atomic mass is 9.83. The SMILES string of the molecule is O=C(O)[C@H]1C[C@@H]1C(=O)CC1c2ccccc2Oc2ccccc21. The number of ether oxygens (including phenoxy) is 1. The summed E-state index contributed by atoms with van der Waals surface area (Å²) in [4.78, 5) is 23.5. The van der Waals surface area contributed by atoms with Gasteiger partial charge < -0.3 is 9.84 Å². The van der Waals surface area contributed by atoms with Crippen molar-refractivity contribution in [3.8, 4) is 11.5 Å². The van der Waals surface area contributed by atoms with Crippen LogP contribution in [-0.4, -0.2) is 16.9 Å². The smallest absolute Gasteiger partial charge is 0.307 e. The van der Waals surface area contributed by atoms with Crippen molar-refractivity contribution in [1.82, 2.24) is 0 Å². The summed E-state index contributed by atoms with van der Waals surface area (Å²) >= 11 is 0. The monoisotopic (exact) mass is 308 g/mol. The minimum atomic E-state index is -0.865. The third-order valence-electron chi connectivity index (χ3n) is 4.74. The quantitative estimate of drug-likeness (QED) is 0.937. The number of carbonyl (C=O) groups excluding carboxylic acids is 1. The molecule has 2 aliphatic rings. The average molecular weight is 308 g/mol. The van der Waals surface area contributed by atoms with Crippen LogP contribution in [0.1, 0.15) is 29.9 Å². The zero-order chi connectivity index (χ0) is 16.0. The lowest BCUT2D eigenvalue weighted by Crippen LogP contribution is -2.16. The first-order valence-electron chi connectivity index (χ1n) is 7.76. The Balaban J connectivity index is 1.65. The van der Waals surface area contributed by atoms with Crippen molar-refractivity contribution >= 4 is 11.8 Å². The molecule has 2 aromatic carbocycles. The Bertz CT molecular complexity index is 750. The van der Waals surface area contributed by atoms with Gasteiger partial charge in [-0.3, -0.25) is 9.59 Å². The third kappa shape index (κ3) is 2.40. The van der Waals surface area contributed by atoms with Crippen LogP contribution in [0.5, 0.6) is 11.5 Å². The molecule has 0 radical (unpaired) electrons. The second-order valence-corrected chi connectivity index (χ2v) is 6.19. The minimum Gasteiger partial charge on any atom is -0.481 e. The van der Waals surface area contributed by atoms with Crippen LogP contribution in [0.2, 0.25) is 0 Å². The average Bonchev–Trinajstić information content (AvgIpc) is 3.35. The fourth-order valence-corrected chi connectivity index (χ4v) is 3.40. The molecule has 0 spiro atoms. The topological polar surface area (TPSA) is 63.6 Å². The van der Waals surface area contributed by atoms with Gasteiger partial charge in [0.05, 0.1) is 5.92 Å². The number of rotatable bonds is 4. The first kappa shape index (κ1) is 14.0. The molecule has 2 atom stereocenters. The van der Waals surface area contributed by atoms with Gasteiger partial charge in [-0.2, -0.15) is 0 Å².